The van der Waals surface area contributed by atoms with E-state index in [1.807, 2.05) is 19.4 Å². The van der Waals surface area contributed by atoms with E-state index in [0.29, 0.717) is 6.42 Å². The molecule has 1 aromatic heterocycles. The van der Waals surface area contributed by atoms with Crippen molar-refractivity contribution in [2.75, 3.05) is 6.54 Å². The molecule has 5 nitrogen and oxygen atoms in total. The normalized spacial score (nSPS) is 12.7. The molecular weight excluding hydrogens is 192 g/mol. The summed E-state index contributed by atoms with van der Waals surface area (Å²) in [6.45, 7) is 2.86. The second kappa shape index (κ2) is 5.50. The fourth-order valence-electron chi connectivity index (χ4n) is 1.36. The summed E-state index contributed by atoms with van der Waals surface area (Å²) in [6.07, 6.45) is 5.03. The van der Waals surface area contributed by atoms with Crippen LogP contribution in [0.3, 0.4) is 0 Å². The third kappa shape index (κ3) is 4.12. The van der Waals surface area contributed by atoms with Crippen LogP contribution < -0.4 is 11.1 Å². The van der Waals surface area contributed by atoms with Crippen LogP contribution in [0.5, 0.6) is 0 Å². The topological polar surface area (TPSA) is 72.9 Å². The van der Waals surface area contributed by atoms with Gasteiger partial charge in [0.2, 0.25) is 5.91 Å². The molecule has 1 aromatic rings. The van der Waals surface area contributed by atoms with E-state index in [1.165, 1.54) is 0 Å². The Morgan fingerprint density at radius 1 is 1.73 bits per heavy atom. The van der Waals surface area contributed by atoms with Crippen molar-refractivity contribution in [1.29, 1.82) is 0 Å². The fourth-order valence-corrected chi connectivity index (χ4v) is 1.36. The smallest absolute Gasteiger partial charge is 0.217 e. The van der Waals surface area contributed by atoms with Crippen molar-refractivity contribution in [2.45, 2.75) is 25.8 Å². The van der Waals surface area contributed by atoms with Crippen LogP contribution in [0.1, 0.15) is 31.4 Å². The summed E-state index contributed by atoms with van der Waals surface area (Å²) in [5, 5.41) is 7.40. The van der Waals surface area contributed by atoms with Crippen molar-refractivity contribution in [3.63, 3.8) is 0 Å². The Hall–Kier alpha value is -1.36. The zero-order chi connectivity index (χ0) is 11.3. The van der Waals surface area contributed by atoms with Crippen molar-refractivity contribution in [3.05, 3.63) is 18.0 Å². The highest BCUT2D eigenvalue weighted by Crippen LogP contribution is 2.09. The van der Waals surface area contributed by atoms with E-state index in [0.717, 1.165) is 18.5 Å². The van der Waals surface area contributed by atoms with Crippen LogP contribution in [0.25, 0.3) is 0 Å². The van der Waals surface area contributed by atoms with E-state index in [1.54, 1.807) is 4.68 Å². The van der Waals surface area contributed by atoms with Crippen LogP contribution in [0.4, 0.5) is 0 Å². The van der Waals surface area contributed by atoms with Crippen LogP contribution in [0, 0.1) is 0 Å². The van der Waals surface area contributed by atoms with E-state index < -0.39 is 0 Å². The number of primary amides is 1. The summed E-state index contributed by atoms with van der Waals surface area (Å²) in [5.41, 5.74) is 6.19. The molecule has 0 aromatic carbocycles. The SMILES string of the molecule is CC(NCCCC(N)=O)c1cnn(C)c1. The first-order chi connectivity index (χ1) is 7.09. The number of nitrogens with two attached hydrogens (primary N) is 1. The molecule has 0 radical (unpaired) electrons. The first-order valence-electron chi connectivity index (χ1n) is 5.10. The minimum absolute atomic E-state index is 0.245. The quantitative estimate of drug-likeness (QED) is 0.665. The van der Waals surface area contributed by atoms with Crippen molar-refractivity contribution in [3.8, 4) is 0 Å². The molecule has 0 fully saturated rings. The lowest BCUT2D eigenvalue weighted by Crippen LogP contribution is -2.21. The molecule has 0 bridgehead atoms. The molecule has 0 spiro atoms. The highest BCUT2D eigenvalue weighted by molar-refractivity contribution is 5.73. The Morgan fingerprint density at radius 3 is 3.00 bits per heavy atom. The Kier molecular flexibility index (Phi) is 4.30. The number of hydrogen-bond acceptors (Lipinski definition) is 3. The highest BCUT2D eigenvalue weighted by Gasteiger charge is 2.06. The molecule has 5 heteroatoms. The molecule has 1 atom stereocenters. The molecule has 1 amide bonds. The Bertz CT molecular complexity index is 321. The minimum atomic E-state index is -0.245. The standard InChI is InChI=1S/C10H18N4O/c1-8(9-6-13-14(2)7-9)12-5-3-4-10(11)15/h6-8,12H,3-5H2,1-2H3,(H2,11,15). The first-order valence-corrected chi connectivity index (χ1v) is 5.10. The molecule has 1 rings (SSSR count). The van der Waals surface area contributed by atoms with Gasteiger partial charge in [-0.2, -0.15) is 5.10 Å². The third-order valence-electron chi connectivity index (χ3n) is 2.28. The van der Waals surface area contributed by atoms with E-state index in [4.69, 9.17) is 5.73 Å². The number of rotatable bonds is 6. The summed E-state index contributed by atoms with van der Waals surface area (Å²) in [7, 11) is 1.89. The fraction of sp³-hybridized carbons (Fsp3) is 0.600. The second-order valence-corrected chi connectivity index (χ2v) is 3.69. The van der Waals surface area contributed by atoms with Crippen molar-refractivity contribution < 1.29 is 4.79 Å². The lowest BCUT2D eigenvalue weighted by Gasteiger charge is -2.10. The molecule has 0 aliphatic heterocycles. The van der Waals surface area contributed by atoms with Gasteiger partial charge < -0.3 is 11.1 Å². The van der Waals surface area contributed by atoms with Crippen molar-refractivity contribution in [1.82, 2.24) is 15.1 Å². The summed E-state index contributed by atoms with van der Waals surface area (Å²) in [5.74, 6) is -0.245. The van der Waals surface area contributed by atoms with Gasteiger partial charge in [0.1, 0.15) is 0 Å². The maximum atomic E-state index is 10.5. The van der Waals surface area contributed by atoms with Gasteiger partial charge in [0.25, 0.3) is 0 Å². The molecule has 15 heavy (non-hydrogen) atoms. The lowest BCUT2D eigenvalue weighted by molar-refractivity contribution is -0.118. The monoisotopic (exact) mass is 210 g/mol. The maximum absolute atomic E-state index is 10.5. The number of hydrogen-bond donors (Lipinski definition) is 2. The molecule has 3 N–H and O–H groups in total. The van der Waals surface area contributed by atoms with Crippen LogP contribution in [-0.4, -0.2) is 22.2 Å². The predicted octanol–water partition coefficient (Wildman–Crippen LogP) is 0.336. The first kappa shape index (κ1) is 11.7. The molecule has 0 saturated heterocycles. The van der Waals surface area contributed by atoms with Gasteiger partial charge in [0.15, 0.2) is 0 Å². The van der Waals surface area contributed by atoms with Crippen LogP contribution in [-0.2, 0) is 11.8 Å². The van der Waals surface area contributed by atoms with Gasteiger partial charge in [-0.15, -0.1) is 0 Å². The molecule has 1 unspecified atom stereocenters. The molecule has 0 aliphatic rings. The number of nitrogens with one attached hydrogen (secondary N) is 1. The van der Waals surface area contributed by atoms with Crippen LogP contribution >= 0.6 is 0 Å². The van der Waals surface area contributed by atoms with Gasteiger partial charge in [-0.25, -0.2) is 0 Å². The number of amides is 1. The molecule has 84 valence electrons. The zero-order valence-corrected chi connectivity index (χ0v) is 9.23. The average molecular weight is 210 g/mol. The Morgan fingerprint density at radius 2 is 2.47 bits per heavy atom. The number of aryl methyl sites for hydroxylation is 1. The van der Waals surface area contributed by atoms with Crippen LogP contribution in [0.15, 0.2) is 12.4 Å². The van der Waals surface area contributed by atoms with E-state index in [9.17, 15) is 4.79 Å². The zero-order valence-electron chi connectivity index (χ0n) is 9.23. The van der Waals surface area contributed by atoms with Crippen molar-refractivity contribution in [2.24, 2.45) is 12.8 Å². The van der Waals surface area contributed by atoms with Gasteiger partial charge in [0, 0.05) is 31.3 Å². The molecule has 1 heterocycles. The van der Waals surface area contributed by atoms with Gasteiger partial charge in [-0.05, 0) is 19.9 Å². The summed E-state index contributed by atoms with van der Waals surface area (Å²) < 4.78 is 1.77. The number of carbonyl (C=O) groups excluding carboxylic acids is 1. The second-order valence-electron chi connectivity index (χ2n) is 3.69. The molecule has 0 aliphatic carbocycles. The van der Waals surface area contributed by atoms with Gasteiger partial charge in [-0.3, -0.25) is 9.48 Å². The van der Waals surface area contributed by atoms with Crippen molar-refractivity contribution >= 4 is 5.91 Å². The predicted molar refractivity (Wildman–Crippen MR) is 58.1 cm³/mol. The molecule has 0 saturated carbocycles. The maximum Gasteiger partial charge on any atom is 0.217 e. The summed E-state index contributed by atoms with van der Waals surface area (Å²) in [4.78, 5) is 10.5. The Balaban J connectivity index is 2.24. The Labute approximate surface area is 89.6 Å². The van der Waals surface area contributed by atoms with E-state index in [2.05, 4.69) is 17.3 Å². The number of nitrogens with zero attached hydrogens (tertiary/aromatic N) is 2. The minimum Gasteiger partial charge on any atom is -0.370 e. The lowest BCUT2D eigenvalue weighted by atomic mass is 10.2. The van der Waals surface area contributed by atoms with Gasteiger partial charge in [0.05, 0.1) is 6.20 Å². The largest absolute Gasteiger partial charge is 0.370 e. The number of carbonyl (C=O) groups is 1. The summed E-state index contributed by atoms with van der Waals surface area (Å²) >= 11 is 0. The van der Waals surface area contributed by atoms with Gasteiger partial charge >= 0.3 is 0 Å². The highest BCUT2D eigenvalue weighted by atomic mass is 16.1. The number of aromatic nitrogens is 2. The summed E-state index contributed by atoms with van der Waals surface area (Å²) in [6, 6.07) is 0.256. The van der Waals surface area contributed by atoms with Gasteiger partial charge in [-0.1, -0.05) is 0 Å². The van der Waals surface area contributed by atoms with E-state index in [-0.39, 0.29) is 11.9 Å². The third-order valence-corrected chi connectivity index (χ3v) is 2.28. The van der Waals surface area contributed by atoms with E-state index >= 15 is 0 Å². The average Bonchev–Trinajstić information content (AvgIpc) is 2.59. The van der Waals surface area contributed by atoms with Crippen LogP contribution in [0.2, 0.25) is 0 Å². The molecular formula is C10H18N4O.